The van der Waals surface area contributed by atoms with E-state index in [1.54, 1.807) is 18.3 Å². The monoisotopic (exact) mass is 461 g/mol. The number of nitrogens with zero attached hydrogens (tertiary/aromatic N) is 2. The van der Waals surface area contributed by atoms with Crippen molar-refractivity contribution in [3.05, 3.63) is 48.3 Å². The Morgan fingerprint density at radius 3 is 2.65 bits per heavy atom. The van der Waals surface area contributed by atoms with Gasteiger partial charge in [-0.05, 0) is 18.2 Å². The van der Waals surface area contributed by atoms with Crippen molar-refractivity contribution < 1.29 is 27.5 Å². The largest absolute Gasteiger partial charge is 0.609 e. The second-order valence-electron chi connectivity index (χ2n) is 7.01. The van der Waals surface area contributed by atoms with Crippen LogP contribution in [0.4, 0.5) is 8.78 Å². The molecule has 0 saturated carbocycles. The SMILES string of the molecule is [NaH].[O-][S+](Cc1cc(OCC2COC(CF)(CF)OC2)ccn1)c1nc2ccccc2[nH]1. The van der Waals surface area contributed by atoms with E-state index in [1.807, 2.05) is 24.3 Å². The van der Waals surface area contributed by atoms with Crippen LogP contribution in [0.1, 0.15) is 5.69 Å². The van der Waals surface area contributed by atoms with Gasteiger partial charge in [-0.25, -0.2) is 8.78 Å². The van der Waals surface area contributed by atoms with Gasteiger partial charge in [-0.1, -0.05) is 12.1 Å². The summed E-state index contributed by atoms with van der Waals surface area (Å²) in [6.07, 6.45) is 1.57. The Balaban J connectivity index is 0.00000272. The van der Waals surface area contributed by atoms with Gasteiger partial charge in [-0.15, -0.1) is 0 Å². The number of alkyl halides is 2. The molecule has 1 atom stereocenters. The molecular weight excluding hydrogens is 439 g/mol. The molecule has 4 rings (SSSR count). The maximum atomic E-state index is 12.9. The van der Waals surface area contributed by atoms with Crippen molar-refractivity contribution in [3.8, 4) is 5.75 Å². The number of fused-ring (bicyclic) bond motifs is 1. The van der Waals surface area contributed by atoms with E-state index < -0.39 is 30.3 Å². The Morgan fingerprint density at radius 1 is 1.19 bits per heavy atom. The van der Waals surface area contributed by atoms with E-state index in [9.17, 15) is 13.3 Å². The summed E-state index contributed by atoms with van der Waals surface area (Å²) in [5.41, 5.74) is 2.18. The number of hydrogen-bond acceptors (Lipinski definition) is 6. The quantitative estimate of drug-likeness (QED) is 0.409. The predicted molar refractivity (Wildman–Crippen MR) is 113 cm³/mol. The minimum atomic E-state index is -1.78. The topological polar surface area (TPSA) is 92.3 Å². The van der Waals surface area contributed by atoms with E-state index in [0.717, 1.165) is 11.0 Å². The molecule has 31 heavy (non-hydrogen) atoms. The molecule has 3 aromatic rings. The smallest absolute Gasteiger partial charge is 0.322 e. The third-order valence-electron chi connectivity index (χ3n) is 4.71. The van der Waals surface area contributed by atoms with Crippen LogP contribution >= 0.6 is 0 Å². The van der Waals surface area contributed by atoms with Crippen LogP contribution in [0.15, 0.2) is 47.8 Å². The van der Waals surface area contributed by atoms with Crippen LogP contribution in [-0.4, -0.2) is 88.0 Å². The molecule has 1 unspecified atom stereocenters. The summed E-state index contributed by atoms with van der Waals surface area (Å²) in [5, 5.41) is 0.394. The van der Waals surface area contributed by atoms with Crippen molar-refractivity contribution in [2.75, 3.05) is 33.2 Å². The zero-order chi connectivity index (χ0) is 21.0. The number of nitrogens with one attached hydrogen (secondary N) is 1. The van der Waals surface area contributed by atoms with E-state index >= 15 is 0 Å². The van der Waals surface area contributed by atoms with Crippen molar-refractivity contribution in [2.24, 2.45) is 5.92 Å². The number of hydrogen-bond donors (Lipinski definition) is 1. The molecule has 2 aromatic heterocycles. The number of ether oxygens (including phenoxy) is 3. The molecule has 0 bridgehead atoms. The first kappa shape index (κ1) is 24.4. The Hall–Kier alpha value is -1.27. The van der Waals surface area contributed by atoms with E-state index in [-0.39, 0.29) is 61.0 Å². The fourth-order valence-electron chi connectivity index (χ4n) is 2.99. The van der Waals surface area contributed by atoms with E-state index in [2.05, 4.69) is 15.0 Å². The summed E-state index contributed by atoms with van der Waals surface area (Å²) in [6.45, 7) is -1.53. The molecule has 1 fully saturated rings. The maximum Gasteiger partial charge on any atom is 0.322 e. The van der Waals surface area contributed by atoms with Crippen LogP contribution < -0.4 is 4.74 Å². The van der Waals surface area contributed by atoms with Gasteiger partial charge in [0.2, 0.25) is 5.79 Å². The number of para-hydroxylation sites is 2. The van der Waals surface area contributed by atoms with Gasteiger partial charge in [0.25, 0.3) is 0 Å². The van der Waals surface area contributed by atoms with Gasteiger partial charge < -0.3 is 18.8 Å². The van der Waals surface area contributed by atoms with Crippen LogP contribution in [0.25, 0.3) is 11.0 Å². The minimum Gasteiger partial charge on any atom is -0.609 e. The third-order valence-corrected chi connectivity index (χ3v) is 5.89. The number of H-pyrrole nitrogens is 1. The molecule has 0 aliphatic carbocycles. The van der Waals surface area contributed by atoms with E-state index in [1.165, 1.54) is 0 Å². The van der Waals surface area contributed by atoms with Crippen LogP contribution in [-0.2, 0) is 26.4 Å². The summed E-state index contributed by atoms with van der Waals surface area (Å²) < 4.78 is 54.6. The molecule has 1 N–H and O–H groups in total. The fraction of sp³-hybridized carbons (Fsp3) is 0.400. The molecule has 0 radical (unpaired) electrons. The molecule has 0 amide bonds. The van der Waals surface area contributed by atoms with Gasteiger partial charge in [-0.2, -0.15) is 4.98 Å². The van der Waals surface area contributed by atoms with Gasteiger partial charge in [0.05, 0.1) is 36.5 Å². The van der Waals surface area contributed by atoms with Crippen molar-refractivity contribution in [1.29, 1.82) is 0 Å². The van der Waals surface area contributed by atoms with Crippen molar-refractivity contribution in [3.63, 3.8) is 0 Å². The second-order valence-corrected chi connectivity index (χ2v) is 8.38. The summed E-state index contributed by atoms with van der Waals surface area (Å²) in [7, 11) is 0. The summed E-state index contributed by atoms with van der Waals surface area (Å²) in [6, 6.07) is 10.9. The Bertz CT molecular complexity index is 949. The van der Waals surface area contributed by atoms with Crippen molar-refractivity contribution in [1.82, 2.24) is 15.0 Å². The summed E-state index contributed by atoms with van der Waals surface area (Å²) in [4.78, 5) is 11.7. The van der Waals surface area contributed by atoms with Crippen LogP contribution in [0.3, 0.4) is 0 Å². The molecule has 162 valence electrons. The molecule has 1 aliphatic rings. The van der Waals surface area contributed by atoms with Crippen LogP contribution in [0.5, 0.6) is 5.75 Å². The minimum absolute atomic E-state index is 0. The molecule has 3 heterocycles. The van der Waals surface area contributed by atoms with E-state index in [4.69, 9.17) is 14.2 Å². The summed E-state index contributed by atoms with van der Waals surface area (Å²) in [5.74, 6) is -1.20. The zero-order valence-corrected chi connectivity index (χ0v) is 16.9. The number of aromatic amines is 1. The van der Waals surface area contributed by atoms with Crippen LogP contribution in [0, 0.1) is 5.92 Å². The van der Waals surface area contributed by atoms with Crippen LogP contribution in [0.2, 0.25) is 0 Å². The first-order valence-corrected chi connectivity index (χ1v) is 10.7. The predicted octanol–water partition coefficient (Wildman–Crippen LogP) is 2.29. The molecule has 7 nitrogen and oxygen atoms in total. The van der Waals surface area contributed by atoms with Gasteiger partial charge in [0, 0.05) is 29.4 Å². The average Bonchev–Trinajstić information content (AvgIpc) is 3.23. The van der Waals surface area contributed by atoms with Gasteiger partial charge in [-0.3, -0.25) is 9.97 Å². The number of imidazole rings is 1. The number of aromatic nitrogens is 3. The zero-order valence-electron chi connectivity index (χ0n) is 16.1. The molecule has 1 aliphatic heterocycles. The standard InChI is InChI=1S/C20H21F2N3O4S.Na.H/c21-12-20(13-22)28-9-14(10-29-20)8-27-16-5-6-23-15(7-16)11-30(26)19-24-17-3-1-2-4-18(17)25-19;;/h1-7,14H,8-13H2,(H,24,25);;. The van der Waals surface area contributed by atoms with Crippen molar-refractivity contribution >= 4 is 51.8 Å². The van der Waals surface area contributed by atoms with Gasteiger partial charge in [0.15, 0.2) is 5.75 Å². The van der Waals surface area contributed by atoms with Crippen molar-refractivity contribution in [2.45, 2.75) is 16.7 Å². The Labute approximate surface area is 203 Å². The van der Waals surface area contributed by atoms with E-state index in [0.29, 0.717) is 16.6 Å². The Morgan fingerprint density at radius 2 is 1.94 bits per heavy atom. The fourth-order valence-corrected chi connectivity index (χ4v) is 3.98. The first-order valence-electron chi connectivity index (χ1n) is 9.41. The molecular formula is C20H22F2N3NaO4S. The van der Waals surface area contributed by atoms with Gasteiger partial charge in [0.1, 0.15) is 19.1 Å². The Kier molecular flexibility index (Phi) is 8.68. The molecule has 11 heteroatoms. The second kappa shape index (κ2) is 11.0. The normalized spacial score (nSPS) is 17.3. The molecule has 1 saturated heterocycles. The number of halogens is 2. The molecule has 0 spiro atoms. The number of pyridine rings is 1. The number of benzene rings is 1. The maximum absolute atomic E-state index is 12.9. The number of rotatable bonds is 8. The third kappa shape index (κ3) is 5.95. The van der Waals surface area contributed by atoms with Gasteiger partial charge >= 0.3 is 34.7 Å². The first-order chi connectivity index (χ1) is 14.6. The summed E-state index contributed by atoms with van der Waals surface area (Å²) >= 11 is -1.39. The molecule has 1 aromatic carbocycles. The average molecular weight is 461 g/mol.